The highest BCUT2D eigenvalue weighted by Gasteiger charge is 2.33. The summed E-state index contributed by atoms with van der Waals surface area (Å²) in [7, 11) is 0. The molecule has 0 bridgehead atoms. The molecule has 27 heavy (non-hydrogen) atoms. The lowest BCUT2D eigenvalue weighted by Gasteiger charge is -2.36. The van der Waals surface area contributed by atoms with Gasteiger partial charge in [0.1, 0.15) is 0 Å². The normalized spacial score (nSPS) is 19.2. The Labute approximate surface area is 173 Å². The van der Waals surface area contributed by atoms with Gasteiger partial charge in [-0.1, -0.05) is 25.4 Å². The van der Waals surface area contributed by atoms with E-state index < -0.39 is 5.54 Å². The molecule has 2 atom stereocenters. The number of carbonyl (C=O) groups is 2. The summed E-state index contributed by atoms with van der Waals surface area (Å²) in [5.74, 6) is 0.186. The topological polar surface area (TPSA) is 75.4 Å². The summed E-state index contributed by atoms with van der Waals surface area (Å²) >= 11 is 5.89. The van der Waals surface area contributed by atoms with Crippen molar-refractivity contribution in [3.05, 3.63) is 34.9 Å². The number of likely N-dealkylation sites (tertiary alicyclic amines) is 1. The Balaban J connectivity index is 0.00000364. The van der Waals surface area contributed by atoms with Crippen molar-refractivity contribution in [2.45, 2.75) is 45.6 Å². The van der Waals surface area contributed by atoms with E-state index in [2.05, 4.69) is 19.2 Å². The molecule has 1 heterocycles. The molecular formula is C20H31Cl2N3O2. The van der Waals surface area contributed by atoms with Gasteiger partial charge < -0.3 is 16.0 Å². The standard InChI is InChI=1S/C20H30ClN3O2.ClH/c1-14(2)11-20(3,13-22)23-18(25)16-5-4-10-24(12-16)19(26)15-6-8-17(21)9-7-15;/h6-9,14,16H,4-5,10-13,22H2,1-3H3,(H,23,25);1H. The first-order chi connectivity index (χ1) is 12.2. The van der Waals surface area contributed by atoms with E-state index in [0.717, 1.165) is 19.3 Å². The summed E-state index contributed by atoms with van der Waals surface area (Å²) in [5.41, 5.74) is 6.10. The third-order valence-electron chi connectivity index (χ3n) is 4.90. The number of piperidine rings is 1. The first kappa shape index (κ1) is 23.7. The molecule has 2 unspecified atom stereocenters. The molecule has 1 aromatic rings. The Morgan fingerprint density at radius 1 is 1.33 bits per heavy atom. The van der Waals surface area contributed by atoms with Crippen LogP contribution in [0.4, 0.5) is 0 Å². The van der Waals surface area contributed by atoms with E-state index in [1.165, 1.54) is 0 Å². The van der Waals surface area contributed by atoms with E-state index in [9.17, 15) is 9.59 Å². The molecular weight excluding hydrogens is 385 g/mol. The maximum atomic E-state index is 12.8. The van der Waals surface area contributed by atoms with Gasteiger partial charge in [0, 0.05) is 35.8 Å². The number of hydrogen-bond acceptors (Lipinski definition) is 3. The lowest BCUT2D eigenvalue weighted by molar-refractivity contribution is -0.128. The smallest absolute Gasteiger partial charge is 0.253 e. The minimum absolute atomic E-state index is 0. The second-order valence-corrected chi connectivity index (χ2v) is 8.39. The molecule has 0 spiro atoms. The molecule has 0 aliphatic carbocycles. The Morgan fingerprint density at radius 3 is 2.52 bits per heavy atom. The summed E-state index contributed by atoms with van der Waals surface area (Å²) in [5, 5.41) is 3.73. The predicted molar refractivity (Wildman–Crippen MR) is 112 cm³/mol. The van der Waals surface area contributed by atoms with E-state index in [1.54, 1.807) is 29.2 Å². The van der Waals surface area contributed by atoms with Crippen molar-refractivity contribution < 1.29 is 9.59 Å². The molecule has 2 amide bonds. The van der Waals surface area contributed by atoms with E-state index in [0.29, 0.717) is 36.1 Å². The number of rotatable bonds is 6. The van der Waals surface area contributed by atoms with Crippen molar-refractivity contribution in [2.24, 2.45) is 17.6 Å². The third-order valence-corrected chi connectivity index (χ3v) is 5.16. The number of hydrogen-bond donors (Lipinski definition) is 2. The molecule has 2 rings (SSSR count). The van der Waals surface area contributed by atoms with Crippen LogP contribution in [-0.4, -0.2) is 41.9 Å². The summed E-state index contributed by atoms with van der Waals surface area (Å²) in [6, 6.07) is 6.87. The van der Waals surface area contributed by atoms with Gasteiger partial charge in [-0.2, -0.15) is 0 Å². The highest BCUT2D eigenvalue weighted by atomic mass is 35.5. The maximum Gasteiger partial charge on any atom is 0.253 e. The molecule has 0 saturated carbocycles. The van der Waals surface area contributed by atoms with Crippen molar-refractivity contribution in [1.29, 1.82) is 0 Å². The summed E-state index contributed by atoms with van der Waals surface area (Å²) in [4.78, 5) is 27.2. The molecule has 1 aliphatic rings. The minimum Gasteiger partial charge on any atom is -0.349 e. The third kappa shape index (κ3) is 6.66. The lowest BCUT2D eigenvalue weighted by atomic mass is 9.89. The first-order valence-electron chi connectivity index (χ1n) is 9.31. The second-order valence-electron chi connectivity index (χ2n) is 7.95. The van der Waals surface area contributed by atoms with Gasteiger partial charge >= 0.3 is 0 Å². The number of benzene rings is 1. The Morgan fingerprint density at radius 2 is 1.96 bits per heavy atom. The van der Waals surface area contributed by atoms with Crippen LogP contribution < -0.4 is 11.1 Å². The molecule has 0 aromatic heterocycles. The predicted octanol–water partition coefficient (Wildman–Crippen LogP) is 3.49. The summed E-state index contributed by atoms with van der Waals surface area (Å²) in [6.45, 7) is 7.74. The molecule has 1 aromatic carbocycles. The van der Waals surface area contributed by atoms with E-state index in [-0.39, 0.29) is 30.1 Å². The Kier molecular flexibility index (Phi) is 9.06. The van der Waals surface area contributed by atoms with E-state index in [4.69, 9.17) is 17.3 Å². The quantitative estimate of drug-likeness (QED) is 0.746. The number of amides is 2. The lowest BCUT2D eigenvalue weighted by Crippen LogP contribution is -2.55. The van der Waals surface area contributed by atoms with Crippen LogP contribution in [0.5, 0.6) is 0 Å². The van der Waals surface area contributed by atoms with Gasteiger partial charge in [-0.3, -0.25) is 9.59 Å². The van der Waals surface area contributed by atoms with Gasteiger partial charge in [0.15, 0.2) is 0 Å². The largest absolute Gasteiger partial charge is 0.349 e. The number of nitrogens with one attached hydrogen (secondary N) is 1. The Bertz CT molecular complexity index is 637. The van der Waals surface area contributed by atoms with Crippen molar-refractivity contribution in [2.75, 3.05) is 19.6 Å². The minimum atomic E-state index is -0.409. The van der Waals surface area contributed by atoms with Crippen LogP contribution in [0.1, 0.15) is 50.4 Å². The van der Waals surface area contributed by atoms with Gasteiger partial charge in [0.05, 0.1) is 5.92 Å². The molecule has 1 saturated heterocycles. The zero-order chi connectivity index (χ0) is 19.3. The van der Waals surface area contributed by atoms with Crippen LogP contribution in [0, 0.1) is 11.8 Å². The van der Waals surface area contributed by atoms with Crippen LogP contribution in [0.3, 0.4) is 0 Å². The van der Waals surface area contributed by atoms with Crippen LogP contribution in [0.25, 0.3) is 0 Å². The van der Waals surface area contributed by atoms with Crippen LogP contribution >= 0.6 is 24.0 Å². The SMILES string of the molecule is CC(C)CC(C)(CN)NC(=O)C1CCCN(C(=O)c2ccc(Cl)cc2)C1.Cl. The van der Waals surface area contributed by atoms with Crippen molar-refractivity contribution in [1.82, 2.24) is 10.2 Å². The molecule has 152 valence electrons. The Hall–Kier alpha value is -1.30. The summed E-state index contributed by atoms with van der Waals surface area (Å²) in [6.07, 6.45) is 2.44. The van der Waals surface area contributed by atoms with Gasteiger partial charge in [0.25, 0.3) is 5.91 Å². The zero-order valence-corrected chi connectivity index (χ0v) is 17.9. The highest BCUT2D eigenvalue weighted by Crippen LogP contribution is 2.22. The number of carbonyl (C=O) groups excluding carboxylic acids is 2. The number of halogens is 2. The van der Waals surface area contributed by atoms with Crippen LogP contribution in [0.2, 0.25) is 5.02 Å². The van der Waals surface area contributed by atoms with E-state index >= 15 is 0 Å². The molecule has 1 fully saturated rings. The second kappa shape index (κ2) is 10.3. The fourth-order valence-corrected chi connectivity index (χ4v) is 3.76. The van der Waals surface area contributed by atoms with Crippen molar-refractivity contribution >= 4 is 35.8 Å². The monoisotopic (exact) mass is 415 g/mol. The van der Waals surface area contributed by atoms with Crippen LogP contribution in [-0.2, 0) is 4.79 Å². The first-order valence-corrected chi connectivity index (χ1v) is 9.69. The molecule has 7 heteroatoms. The number of nitrogens with zero attached hydrogens (tertiary/aromatic N) is 1. The summed E-state index contributed by atoms with van der Waals surface area (Å²) < 4.78 is 0. The van der Waals surface area contributed by atoms with Crippen molar-refractivity contribution in [3.63, 3.8) is 0 Å². The number of nitrogens with two attached hydrogens (primary N) is 1. The maximum absolute atomic E-state index is 12.8. The van der Waals surface area contributed by atoms with Gasteiger partial charge in [0.2, 0.25) is 5.91 Å². The molecule has 0 radical (unpaired) electrons. The fourth-order valence-electron chi connectivity index (χ4n) is 3.64. The van der Waals surface area contributed by atoms with Crippen LogP contribution in [0.15, 0.2) is 24.3 Å². The van der Waals surface area contributed by atoms with Crippen molar-refractivity contribution in [3.8, 4) is 0 Å². The highest BCUT2D eigenvalue weighted by molar-refractivity contribution is 6.30. The molecule has 3 N–H and O–H groups in total. The van der Waals surface area contributed by atoms with Gasteiger partial charge in [-0.05, 0) is 56.4 Å². The average molecular weight is 416 g/mol. The molecule has 5 nitrogen and oxygen atoms in total. The fraction of sp³-hybridized carbons (Fsp3) is 0.600. The van der Waals surface area contributed by atoms with Gasteiger partial charge in [-0.25, -0.2) is 0 Å². The van der Waals surface area contributed by atoms with Gasteiger partial charge in [-0.15, -0.1) is 12.4 Å². The van der Waals surface area contributed by atoms with E-state index in [1.807, 2.05) is 6.92 Å². The molecule has 1 aliphatic heterocycles. The average Bonchev–Trinajstić information content (AvgIpc) is 2.61. The zero-order valence-electron chi connectivity index (χ0n) is 16.3.